The number of piperazine rings is 1. The number of rotatable bonds is 6. The Bertz CT molecular complexity index is 1250. The van der Waals surface area contributed by atoms with Crippen molar-refractivity contribution >= 4 is 22.8 Å². The van der Waals surface area contributed by atoms with Crippen molar-refractivity contribution in [3.05, 3.63) is 74.5 Å². The fourth-order valence-electron chi connectivity index (χ4n) is 4.43. The predicted molar refractivity (Wildman–Crippen MR) is 140 cm³/mol. The van der Waals surface area contributed by atoms with Gasteiger partial charge in [0.2, 0.25) is 0 Å². The normalized spacial score (nSPS) is 18.5. The molecule has 1 saturated heterocycles. The number of hydrogen-bond donors (Lipinski definition) is 1. The second-order valence-electron chi connectivity index (χ2n) is 9.39. The van der Waals surface area contributed by atoms with E-state index in [4.69, 9.17) is 12.2 Å². The highest BCUT2D eigenvalue weighted by atomic mass is 32.1. The minimum Gasteiger partial charge on any atom is -0.390 e. The molecule has 180 valence electrons. The van der Waals surface area contributed by atoms with Gasteiger partial charge in [-0.2, -0.15) is 0 Å². The van der Waals surface area contributed by atoms with Crippen LogP contribution in [0.25, 0.3) is 17.0 Å². The fourth-order valence-corrected chi connectivity index (χ4v) is 4.82. The Morgan fingerprint density at radius 2 is 1.68 bits per heavy atom. The number of aromatic nitrogens is 2. The summed E-state index contributed by atoms with van der Waals surface area (Å²) in [7, 11) is 2.08. The summed E-state index contributed by atoms with van der Waals surface area (Å²) in [6.07, 6.45) is 3.55. The molecule has 8 heteroatoms. The molecule has 34 heavy (non-hydrogen) atoms. The molecule has 1 unspecified atom stereocenters. The number of β-amino-alcohol motifs (C(OH)–C–C–N with tert-alkyl or cyclic N) is 1. The van der Waals surface area contributed by atoms with Crippen LogP contribution in [0.15, 0.2) is 57.6 Å². The highest BCUT2D eigenvalue weighted by Crippen LogP contribution is 2.25. The molecule has 7 nitrogen and oxygen atoms in total. The molecule has 1 atom stereocenters. The molecule has 1 aliphatic heterocycles. The largest absolute Gasteiger partial charge is 0.390 e. The van der Waals surface area contributed by atoms with E-state index < -0.39 is 17.4 Å². The summed E-state index contributed by atoms with van der Waals surface area (Å²) in [4.78, 5) is 31.9. The smallest absolute Gasteiger partial charge is 0.336 e. The van der Waals surface area contributed by atoms with Crippen molar-refractivity contribution in [2.75, 3.05) is 39.8 Å². The SMILES string of the molecule is CC1=CC=C(n2c(-c3ccc(C)cc3)cc(=O)n(CC(O)CN3CCN(C)CC3)c2=O)C(=S)C1. The molecule has 1 aromatic carbocycles. The molecule has 1 aromatic heterocycles. The zero-order valence-electron chi connectivity index (χ0n) is 20.0. The first-order valence-electron chi connectivity index (χ1n) is 11.7. The first-order chi connectivity index (χ1) is 16.2. The summed E-state index contributed by atoms with van der Waals surface area (Å²) in [5.41, 5.74) is 3.16. The van der Waals surface area contributed by atoms with E-state index in [1.807, 2.05) is 50.3 Å². The maximum absolute atomic E-state index is 13.7. The Morgan fingerprint density at radius 3 is 2.32 bits per heavy atom. The van der Waals surface area contributed by atoms with E-state index in [9.17, 15) is 14.7 Å². The predicted octanol–water partition coefficient (Wildman–Crippen LogP) is 2.15. The highest BCUT2D eigenvalue weighted by molar-refractivity contribution is 7.81. The van der Waals surface area contributed by atoms with E-state index in [1.54, 1.807) is 0 Å². The summed E-state index contributed by atoms with van der Waals surface area (Å²) in [5.74, 6) is 0. The Labute approximate surface area is 205 Å². The van der Waals surface area contributed by atoms with Gasteiger partial charge in [-0.1, -0.05) is 53.7 Å². The fraction of sp³-hybridized carbons (Fsp3) is 0.423. The van der Waals surface area contributed by atoms with Gasteiger partial charge in [0.15, 0.2) is 0 Å². The Kier molecular flexibility index (Phi) is 7.42. The number of thiocarbonyl (C=S) groups is 1. The van der Waals surface area contributed by atoms with Crippen LogP contribution >= 0.6 is 12.2 Å². The average Bonchev–Trinajstić information content (AvgIpc) is 2.79. The molecule has 0 bridgehead atoms. The Hall–Kier alpha value is -2.65. The van der Waals surface area contributed by atoms with Crippen LogP contribution in [0, 0.1) is 6.92 Å². The molecule has 2 aliphatic rings. The minimum atomic E-state index is -0.832. The standard InChI is InChI=1S/C26H32N4O3S/c1-18-4-7-20(8-5-18)23-15-25(32)29(17-21(31)16-28-12-10-27(3)11-13-28)26(33)30(23)22-9-6-19(2)14-24(22)34/h4-9,15,21,31H,10-14,16-17H2,1-3H3. The molecule has 4 rings (SSSR count). The second-order valence-corrected chi connectivity index (χ2v) is 9.88. The van der Waals surface area contributed by atoms with Gasteiger partial charge < -0.3 is 10.0 Å². The van der Waals surface area contributed by atoms with Crippen LogP contribution < -0.4 is 11.2 Å². The maximum atomic E-state index is 13.7. The van der Waals surface area contributed by atoms with Crippen LogP contribution in [0.2, 0.25) is 0 Å². The maximum Gasteiger partial charge on any atom is 0.336 e. The topological polar surface area (TPSA) is 70.7 Å². The molecule has 1 aliphatic carbocycles. The van der Waals surface area contributed by atoms with Gasteiger partial charge in [-0.15, -0.1) is 0 Å². The van der Waals surface area contributed by atoms with Crippen molar-refractivity contribution < 1.29 is 5.11 Å². The average molecular weight is 481 g/mol. The molecule has 2 aromatic rings. The summed E-state index contributed by atoms with van der Waals surface area (Å²) in [6.45, 7) is 7.92. The lowest BCUT2D eigenvalue weighted by Crippen LogP contribution is -2.49. The van der Waals surface area contributed by atoms with Crippen LogP contribution in [0.1, 0.15) is 18.9 Å². The van der Waals surface area contributed by atoms with Gasteiger partial charge in [0.25, 0.3) is 5.56 Å². The third-order valence-corrected chi connectivity index (χ3v) is 6.84. The molecule has 0 saturated carbocycles. The van der Waals surface area contributed by atoms with E-state index in [-0.39, 0.29) is 6.54 Å². The number of allylic oxidation sites excluding steroid dienone is 4. The monoisotopic (exact) mass is 480 g/mol. The van der Waals surface area contributed by atoms with Gasteiger partial charge in [-0.25, -0.2) is 4.79 Å². The van der Waals surface area contributed by atoms with Crippen molar-refractivity contribution in [2.45, 2.75) is 32.9 Å². The van der Waals surface area contributed by atoms with E-state index in [0.717, 1.165) is 47.4 Å². The van der Waals surface area contributed by atoms with Crippen molar-refractivity contribution in [3.63, 3.8) is 0 Å². The lowest BCUT2D eigenvalue weighted by atomic mass is 10.0. The lowest BCUT2D eigenvalue weighted by Gasteiger charge is -2.33. The zero-order chi connectivity index (χ0) is 24.4. The van der Waals surface area contributed by atoms with Gasteiger partial charge in [0.05, 0.1) is 24.0 Å². The molecule has 0 amide bonds. The van der Waals surface area contributed by atoms with Crippen molar-refractivity contribution in [2.24, 2.45) is 0 Å². The molecular weight excluding hydrogens is 448 g/mol. The van der Waals surface area contributed by atoms with Crippen LogP contribution in [0.4, 0.5) is 0 Å². The molecule has 1 N–H and O–H groups in total. The molecular formula is C26H32N4O3S. The van der Waals surface area contributed by atoms with Gasteiger partial charge in [0.1, 0.15) is 0 Å². The van der Waals surface area contributed by atoms with Crippen LogP contribution in [-0.2, 0) is 6.54 Å². The number of nitrogens with zero attached hydrogens (tertiary/aromatic N) is 4. The number of benzene rings is 1. The molecule has 2 heterocycles. The molecule has 1 fully saturated rings. The molecule has 0 spiro atoms. The third kappa shape index (κ3) is 5.36. The Balaban J connectivity index is 1.74. The second kappa shape index (κ2) is 10.3. The zero-order valence-corrected chi connectivity index (χ0v) is 20.8. The summed E-state index contributed by atoms with van der Waals surface area (Å²) >= 11 is 5.64. The van der Waals surface area contributed by atoms with Gasteiger partial charge in [-0.3, -0.25) is 18.8 Å². The summed E-state index contributed by atoms with van der Waals surface area (Å²) < 4.78 is 2.66. The first kappa shape index (κ1) is 24.5. The van der Waals surface area contributed by atoms with E-state index >= 15 is 0 Å². The van der Waals surface area contributed by atoms with Crippen LogP contribution in [0.3, 0.4) is 0 Å². The lowest BCUT2D eigenvalue weighted by molar-refractivity contribution is 0.0696. The number of aliphatic hydroxyl groups excluding tert-OH is 1. The van der Waals surface area contributed by atoms with Crippen LogP contribution in [0.5, 0.6) is 0 Å². The van der Waals surface area contributed by atoms with E-state index in [2.05, 4.69) is 16.8 Å². The third-order valence-electron chi connectivity index (χ3n) is 6.49. The van der Waals surface area contributed by atoms with Gasteiger partial charge in [0, 0.05) is 50.1 Å². The van der Waals surface area contributed by atoms with Crippen LogP contribution in [-0.4, -0.2) is 74.8 Å². The van der Waals surface area contributed by atoms with Crippen molar-refractivity contribution in [3.8, 4) is 11.3 Å². The summed E-state index contributed by atoms with van der Waals surface area (Å²) in [5, 5.41) is 10.8. The number of aryl methyl sites for hydroxylation is 1. The number of hydrogen-bond acceptors (Lipinski definition) is 6. The molecule has 0 radical (unpaired) electrons. The number of aliphatic hydroxyl groups is 1. The quantitative estimate of drug-likeness (QED) is 0.639. The van der Waals surface area contributed by atoms with E-state index in [0.29, 0.717) is 29.2 Å². The highest BCUT2D eigenvalue weighted by Gasteiger charge is 2.23. The minimum absolute atomic E-state index is 0.0624. The van der Waals surface area contributed by atoms with Crippen molar-refractivity contribution in [1.29, 1.82) is 0 Å². The Morgan fingerprint density at radius 1 is 1.00 bits per heavy atom. The van der Waals surface area contributed by atoms with Gasteiger partial charge in [-0.05, 0) is 32.5 Å². The first-order valence-corrected chi connectivity index (χ1v) is 12.1. The number of likely N-dealkylation sites (N-methyl/N-ethyl adjacent to an activating group) is 1. The van der Waals surface area contributed by atoms with Crippen molar-refractivity contribution in [1.82, 2.24) is 18.9 Å². The summed E-state index contributed by atoms with van der Waals surface area (Å²) in [6, 6.07) is 9.18. The van der Waals surface area contributed by atoms with Gasteiger partial charge >= 0.3 is 5.69 Å². The van der Waals surface area contributed by atoms with E-state index in [1.165, 1.54) is 10.6 Å².